The monoisotopic (exact) mass is 425 g/mol. The second kappa shape index (κ2) is 7.47. The summed E-state index contributed by atoms with van der Waals surface area (Å²) < 4.78 is 12.2. The smallest absolute Gasteiger partial charge is 0.287 e. The van der Waals surface area contributed by atoms with Gasteiger partial charge in [0.25, 0.3) is 5.91 Å². The molecule has 1 aliphatic heterocycles. The Hall–Kier alpha value is -2.79. The van der Waals surface area contributed by atoms with Gasteiger partial charge in [-0.2, -0.15) is 0 Å². The lowest BCUT2D eigenvalue weighted by atomic mass is 9.84. The van der Waals surface area contributed by atoms with E-state index in [4.69, 9.17) is 20.8 Å². The summed E-state index contributed by atoms with van der Waals surface area (Å²) in [6.45, 7) is 7.64. The van der Waals surface area contributed by atoms with Gasteiger partial charge in [-0.1, -0.05) is 30.7 Å². The first-order valence-corrected chi connectivity index (χ1v) is 10.5. The van der Waals surface area contributed by atoms with Crippen LogP contribution in [0.5, 0.6) is 5.75 Å². The van der Waals surface area contributed by atoms with Crippen LogP contribution < -0.4 is 10.1 Å². The molecule has 156 valence electrons. The fourth-order valence-electron chi connectivity index (χ4n) is 3.93. The van der Waals surface area contributed by atoms with Gasteiger partial charge >= 0.3 is 0 Å². The van der Waals surface area contributed by atoms with Crippen molar-refractivity contribution < 1.29 is 18.7 Å². The van der Waals surface area contributed by atoms with E-state index in [2.05, 4.69) is 5.32 Å². The Morgan fingerprint density at radius 3 is 2.60 bits per heavy atom. The maximum absolute atomic E-state index is 13.3. The van der Waals surface area contributed by atoms with Crippen LogP contribution in [0.15, 0.2) is 40.8 Å². The molecule has 1 amide bonds. The van der Waals surface area contributed by atoms with E-state index >= 15 is 0 Å². The summed E-state index contributed by atoms with van der Waals surface area (Å²) in [6.07, 6.45) is 0.996. The topological polar surface area (TPSA) is 68.5 Å². The van der Waals surface area contributed by atoms with Crippen molar-refractivity contribution in [3.63, 3.8) is 0 Å². The van der Waals surface area contributed by atoms with Crippen LogP contribution in [-0.2, 0) is 5.60 Å². The Balaban J connectivity index is 1.78. The third kappa shape index (κ3) is 3.37. The van der Waals surface area contributed by atoms with Gasteiger partial charge in [0.1, 0.15) is 16.9 Å². The van der Waals surface area contributed by atoms with Gasteiger partial charge in [-0.15, -0.1) is 0 Å². The molecule has 1 aliphatic rings. The molecule has 0 radical (unpaired) electrons. The molecule has 0 aliphatic carbocycles. The van der Waals surface area contributed by atoms with Crippen molar-refractivity contribution in [2.75, 3.05) is 0 Å². The first-order valence-electron chi connectivity index (χ1n) is 10.1. The van der Waals surface area contributed by atoms with E-state index in [9.17, 15) is 9.59 Å². The fraction of sp³-hybridized carbons (Fsp3) is 0.333. The summed E-state index contributed by atoms with van der Waals surface area (Å²) in [4.78, 5) is 25.9. The fourth-order valence-corrected chi connectivity index (χ4v) is 4.05. The van der Waals surface area contributed by atoms with Gasteiger partial charge in [0, 0.05) is 22.0 Å². The van der Waals surface area contributed by atoms with Gasteiger partial charge < -0.3 is 14.5 Å². The first kappa shape index (κ1) is 20.5. The Morgan fingerprint density at radius 1 is 1.23 bits per heavy atom. The van der Waals surface area contributed by atoms with Gasteiger partial charge in [-0.05, 0) is 57.0 Å². The van der Waals surface area contributed by atoms with E-state index in [1.54, 1.807) is 31.2 Å². The zero-order chi connectivity index (χ0) is 21.6. The summed E-state index contributed by atoms with van der Waals surface area (Å²) >= 11 is 6.01. The minimum atomic E-state index is -0.795. The van der Waals surface area contributed by atoms with E-state index in [0.717, 1.165) is 12.0 Å². The summed E-state index contributed by atoms with van der Waals surface area (Å²) in [5, 5.41) is 4.19. The number of hydrogen-bond donors (Lipinski definition) is 1. The van der Waals surface area contributed by atoms with Crippen LogP contribution in [0, 0.1) is 6.92 Å². The Morgan fingerprint density at radius 2 is 1.93 bits per heavy atom. The molecule has 0 fully saturated rings. The number of carbonyl (C=O) groups is 2. The number of furan rings is 1. The van der Waals surface area contributed by atoms with Crippen molar-refractivity contribution in [2.24, 2.45) is 0 Å². The molecule has 0 bridgehead atoms. The highest BCUT2D eigenvalue weighted by Crippen LogP contribution is 2.44. The van der Waals surface area contributed by atoms with E-state index in [1.165, 1.54) is 0 Å². The van der Waals surface area contributed by atoms with Crippen molar-refractivity contribution in [3.05, 3.63) is 63.9 Å². The van der Waals surface area contributed by atoms with Crippen molar-refractivity contribution >= 4 is 34.3 Å². The number of hydrogen-bond acceptors (Lipinski definition) is 4. The number of ether oxygens (including phenoxy) is 1. The molecule has 0 saturated carbocycles. The predicted octanol–water partition coefficient (Wildman–Crippen LogP) is 5.80. The summed E-state index contributed by atoms with van der Waals surface area (Å²) in [6, 6.07) is 10.8. The minimum absolute atomic E-state index is 0.0316. The van der Waals surface area contributed by atoms with E-state index in [0.29, 0.717) is 32.9 Å². The zero-order valence-corrected chi connectivity index (χ0v) is 18.2. The molecule has 0 spiro atoms. The number of Topliss-reactive ketones (excluding diaryl/α,β-unsaturated/α-hetero) is 1. The highest BCUT2D eigenvalue weighted by Gasteiger charge is 2.40. The maximum Gasteiger partial charge on any atom is 0.287 e. The van der Waals surface area contributed by atoms with Crippen molar-refractivity contribution in [1.29, 1.82) is 0 Å². The summed E-state index contributed by atoms with van der Waals surface area (Å²) in [5.41, 5.74) is 1.71. The SMILES string of the molecule is CC[C@@H](C)NC(=O)c1oc2ccc3c(c2c1C)C(=O)C[C@](C)(c1ccc(Cl)cc1)O3. The highest BCUT2D eigenvalue weighted by atomic mass is 35.5. The molecule has 2 aromatic carbocycles. The molecular weight excluding hydrogens is 402 g/mol. The third-order valence-corrected chi connectivity index (χ3v) is 6.07. The second-order valence-electron chi connectivity index (χ2n) is 8.09. The van der Waals surface area contributed by atoms with Crippen LogP contribution in [-0.4, -0.2) is 17.7 Å². The van der Waals surface area contributed by atoms with Gasteiger partial charge in [-0.3, -0.25) is 9.59 Å². The number of carbonyl (C=O) groups excluding carboxylic acids is 2. The molecule has 1 N–H and O–H groups in total. The number of rotatable bonds is 4. The second-order valence-corrected chi connectivity index (χ2v) is 8.53. The number of ketones is 1. The van der Waals surface area contributed by atoms with E-state index in [1.807, 2.05) is 32.9 Å². The van der Waals surface area contributed by atoms with E-state index in [-0.39, 0.29) is 29.9 Å². The van der Waals surface area contributed by atoms with Crippen LogP contribution in [0.4, 0.5) is 0 Å². The zero-order valence-electron chi connectivity index (χ0n) is 17.5. The van der Waals surface area contributed by atoms with Gasteiger partial charge in [0.15, 0.2) is 11.5 Å². The Kier molecular flexibility index (Phi) is 5.10. The predicted molar refractivity (Wildman–Crippen MR) is 117 cm³/mol. The average molecular weight is 426 g/mol. The molecular formula is C24H24ClNO4. The van der Waals surface area contributed by atoms with Crippen molar-refractivity contribution in [1.82, 2.24) is 5.32 Å². The molecule has 2 atom stereocenters. The summed E-state index contributed by atoms with van der Waals surface area (Å²) in [7, 11) is 0. The minimum Gasteiger partial charge on any atom is -0.482 e. The van der Waals surface area contributed by atoms with Crippen LogP contribution in [0.2, 0.25) is 5.02 Å². The molecule has 1 aromatic heterocycles. The summed E-state index contributed by atoms with van der Waals surface area (Å²) in [5.74, 6) is 0.408. The number of benzene rings is 2. The van der Waals surface area contributed by atoms with Crippen LogP contribution in [0.1, 0.15) is 65.7 Å². The van der Waals surface area contributed by atoms with Crippen LogP contribution >= 0.6 is 11.6 Å². The molecule has 0 unspecified atom stereocenters. The average Bonchev–Trinajstić information content (AvgIpc) is 3.04. The molecule has 6 heteroatoms. The maximum atomic E-state index is 13.3. The number of fused-ring (bicyclic) bond motifs is 3. The Labute approximate surface area is 180 Å². The lowest BCUT2D eigenvalue weighted by Crippen LogP contribution is -2.36. The molecule has 30 heavy (non-hydrogen) atoms. The number of halogens is 1. The highest BCUT2D eigenvalue weighted by molar-refractivity contribution is 6.30. The Bertz CT molecular complexity index is 1150. The lowest BCUT2D eigenvalue weighted by molar-refractivity contribution is 0.0507. The normalized spacial score (nSPS) is 19.3. The first-order chi connectivity index (χ1) is 14.2. The standard InChI is InChI=1S/C24H24ClNO4/c1-5-13(2)26-23(28)22-14(3)20-18(29-22)10-11-19-21(20)17(27)12-24(4,30-19)15-6-8-16(25)9-7-15/h6-11,13H,5,12H2,1-4H3,(H,26,28)/t13-,24-/m1/s1. The number of nitrogens with one attached hydrogen (secondary N) is 1. The largest absolute Gasteiger partial charge is 0.482 e. The van der Waals surface area contributed by atoms with Crippen molar-refractivity contribution in [2.45, 2.75) is 52.2 Å². The molecule has 3 aromatic rings. The molecule has 0 saturated heterocycles. The molecule has 4 rings (SSSR count). The van der Waals surface area contributed by atoms with Gasteiger partial charge in [-0.25, -0.2) is 0 Å². The van der Waals surface area contributed by atoms with E-state index < -0.39 is 5.60 Å². The number of amides is 1. The molecule has 5 nitrogen and oxygen atoms in total. The van der Waals surface area contributed by atoms with Crippen LogP contribution in [0.3, 0.4) is 0 Å². The van der Waals surface area contributed by atoms with Crippen molar-refractivity contribution in [3.8, 4) is 5.75 Å². The van der Waals surface area contributed by atoms with Crippen LogP contribution in [0.25, 0.3) is 11.0 Å². The number of aryl methyl sites for hydroxylation is 1. The van der Waals surface area contributed by atoms with Gasteiger partial charge in [0.2, 0.25) is 0 Å². The molecule has 2 heterocycles. The van der Waals surface area contributed by atoms with Gasteiger partial charge in [0.05, 0.1) is 12.0 Å². The third-order valence-electron chi connectivity index (χ3n) is 5.82. The quantitative estimate of drug-likeness (QED) is 0.573. The lowest BCUT2D eigenvalue weighted by Gasteiger charge is -2.35.